The third kappa shape index (κ3) is 3.48. The fourth-order valence-corrected chi connectivity index (χ4v) is 3.05. The van der Waals surface area contributed by atoms with Crippen LogP contribution in [0, 0.1) is 12.3 Å². The highest BCUT2D eigenvalue weighted by molar-refractivity contribution is 6.39. The molecule has 0 aliphatic rings. The second kappa shape index (κ2) is 7.17. The Morgan fingerprint density at radius 3 is 2.36 bits per heavy atom. The van der Waals surface area contributed by atoms with Crippen molar-refractivity contribution < 1.29 is 4.52 Å². The minimum absolute atomic E-state index is 0.189. The van der Waals surface area contributed by atoms with Crippen molar-refractivity contribution in [2.24, 2.45) is 0 Å². The van der Waals surface area contributed by atoms with Gasteiger partial charge in [0.15, 0.2) is 5.84 Å². The van der Waals surface area contributed by atoms with Gasteiger partial charge in [0.05, 0.1) is 21.3 Å². The van der Waals surface area contributed by atoms with Crippen LogP contribution in [0.2, 0.25) is 10.0 Å². The van der Waals surface area contributed by atoms with E-state index in [1.165, 1.54) is 0 Å². The van der Waals surface area contributed by atoms with Crippen LogP contribution in [0.3, 0.4) is 0 Å². The van der Waals surface area contributed by atoms with Crippen LogP contribution in [-0.4, -0.2) is 23.0 Å². The SMILES string of the molecule is Cc1onc(-c2c(Cl)cccc2Cl)c1C(=N)N(C)Nc1ccccc1. The number of para-hydroxylation sites is 1. The quantitative estimate of drug-likeness (QED) is 0.372. The van der Waals surface area contributed by atoms with Gasteiger partial charge in [-0.2, -0.15) is 0 Å². The molecule has 3 aromatic rings. The molecule has 7 heteroatoms. The molecule has 0 fully saturated rings. The van der Waals surface area contributed by atoms with Gasteiger partial charge in [-0.1, -0.05) is 52.6 Å². The molecule has 1 aromatic heterocycles. The van der Waals surface area contributed by atoms with Crippen molar-refractivity contribution >= 4 is 34.7 Å². The maximum Gasteiger partial charge on any atom is 0.152 e. The molecular weight excluding hydrogens is 359 g/mol. The third-order valence-electron chi connectivity index (χ3n) is 3.71. The molecule has 0 bridgehead atoms. The van der Waals surface area contributed by atoms with Gasteiger partial charge in [-0.3, -0.25) is 15.8 Å². The molecule has 0 saturated carbocycles. The van der Waals surface area contributed by atoms with Crippen LogP contribution in [-0.2, 0) is 0 Å². The first-order valence-corrected chi connectivity index (χ1v) is 8.29. The van der Waals surface area contributed by atoms with Gasteiger partial charge in [-0.15, -0.1) is 0 Å². The number of hydrogen-bond acceptors (Lipinski definition) is 4. The molecule has 5 nitrogen and oxygen atoms in total. The number of hydrogen-bond donors (Lipinski definition) is 2. The van der Waals surface area contributed by atoms with Crippen molar-refractivity contribution in [1.82, 2.24) is 10.2 Å². The molecular formula is C18H16Cl2N4O. The molecule has 3 rings (SSSR count). The van der Waals surface area contributed by atoms with Gasteiger partial charge >= 0.3 is 0 Å². The van der Waals surface area contributed by atoms with Crippen LogP contribution in [0.5, 0.6) is 0 Å². The molecule has 2 N–H and O–H groups in total. The van der Waals surface area contributed by atoms with Gasteiger partial charge < -0.3 is 4.52 Å². The van der Waals surface area contributed by atoms with E-state index in [0.717, 1.165) is 5.69 Å². The summed E-state index contributed by atoms with van der Waals surface area (Å²) < 4.78 is 5.32. The smallest absolute Gasteiger partial charge is 0.152 e. The molecule has 0 saturated heterocycles. The lowest BCUT2D eigenvalue weighted by atomic mass is 10.1. The lowest BCUT2D eigenvalue weighted by Crippen LogP contribution is -2.32. The largest absolute Gasteiger partial charge is 0.360 e. The fraction of sp³-hybridized carbons (Fsp3) is 0.111. The lowest BCUT2D eigenvalue weighted by Gasteiger charge is -2.22. The van der Waals surface area contributed by atoms with Gasteiger partial charge in [0.25, 0.3) is 0 Å². The Hall–Kier alpha value is -2.50. The minimum atomic E-state index is 0.189. The highest BCUT2D eigenvalue weighted by Gasteiger charge is 2.24. The van der Waals surface area contributed by atoms with E-state index in [4.69, 9.17) is 33.1 Å². The van der Waals surface area contributed by atoms with Crippen molar-refractivity contribution in [3.05, 3.63) is 69.9 Å². The number of amidine groups is 1. The van der Waals surface area contributed by atoms with Crippen LogP contribution in [0.1, 0.15) is 11.3 Å². The molecule has 0 aliphatic carbocycles. The molecule has 0 radical (unpaired) electrons. The van der Waals surface area contributed by atoms with E-state index >= 15 is 0 Å². The predicted octanol–water partition coefficient (Wildman–Crippen LogP) is 5.24. The van der Waals surface area contributed by atoms with E-state index in [1.807, 2.05) is 30.3 Å². The first-order chi connectivity index (χ1) is 12.0. The first-order valence-electron chi connectivity index (χ1n) is 7.54. The molecule has 0 unspecified atom stereocenters. The van der Waals surface area contributed by atoms with Crippen LogP contribution < -0.4 is 5.43 Å². The Kier molecular flexibility index (Phi) is 4.97. The predicted molar refractivity (Wildman–Crippen MR) is 101 cm³/mol. The Morgan fingerprint density at radius 1 is 1.08 bits per heavy atom. The Morgan fingerprint density at radius 2 is 1.72 bits per heavy atom. The summed E-state index contributed by atoms with van der Waals surface area (Å²) in [5.41, 5.74) is 5.52. The van der Waals surface area contributed by atoms with Gasteiger partial charge in [-0.05, 0) is 31.2 Å². The number of anilines is 1. The average molecular weight is 375 g/mol. The summed E-state index contributed by atoms with van der Waals surface area (Å²) in [6.07, 6.45) is 0. The highest BCUT2D eigenvalue weighted by Crippen LogP contribution is 2.37. The molecule has 0 amide bonds. The second-order valence-corrected chi connectivity index (χ2v) is 6.26. The number of nitrogens with one attached hydrogen (secondary N) is 2. The minimum Gasteiger partial charge on any atom is -0.360 e. The van der Waals surface area contributed by atoms with Gasteiger partial charge in [0.1, 0.15) is 11.5 Å². The molecule has 128 valence electrons. The standard InChI is InChI=1S/C18H16Cl2N4O/c1-11-15(18(21)24(2)22-12-7-4-3-5-8-12)17(23-25-11)16-13(19)9-6-10-14(16)20/h3-10,21-22H,1-2H3. The van der Waals surface area contributed by atoms with Crippen LogP contribution >= 0.6 is 23.2 Å². The molecule has 25 heavy (non-hydrogen) atoms. The molecule has 2 aromatic carbocycles. The van der Waals surface area contributed by atoms with Gasteiger partial charge in [0, 0.05) is 12.6 Å². The Balaban J connectivity index is 1.98. The highest BCUT2D eigenvalue weighted by atomic mass is 35.5. The van der Waals surface area contributed by atoms with Gasteiger partial charge in [-0.25, -0.2) is 0 Å². The third-order valence-corrected chi connectivity index (χ3v) is 4.34. The fourth-order valence-electron chi connectivity index (χ4n) is 2.48. The summed E-state index contributed by atoms with van der Waals surface area (Å²) in [6.45, 7) is 1.75. The van der Waals surface area contributed by atoms with Crippen molar-refractivity contribution in [3.63, 3.8) is 0 Å². The van der Waals surface area contributed by atoms with E-state index in [2.05, 4.69) is 10.6 Å². The van der Waals surface area contributed by atoms with E-state index < -0.39 is 0 Å². The molecule has 1 heterocycles. The van der Waals surface area contributed by atoms with Crippen LogP contribution in [0.4, 0.5) is 5.69 Å². The van der Waals surface area contributed by atoms with Crippen molar-refractivity contribution in [1.29, 1.82) is 5.41 Å². The zero-order valence-corrected chi connectivity index (χ0v) is 15.2. The number of rotatable bonds is 4. The summed E-state index contributed by atoms with van der Waals surface area (Å²) in [5, 5.41) is 15.1. The number of aryl methyl sites for hydroxylation is 1. The number of aromatic nitrogens is 1. The maximum absolute atomic E-state index is 8.55. The average Bonchev–Trinajstić information content (AvgIpc) is 2.96. The zero-order valence-electron chi connectivity index (χ0n) is 13.7. The lowest BCUT2D eigenvalue weighted by molar-refractivity contribution is 0.399. The van der Waals surface area contributed by atoms with E-state index in [1.54, 1.807) is 37.2 Å². The number of benzene rings is 2. The monoisotopic (exact) mass is 374 g/mol. The normalized spacial score (nSPS) is 10.6. The molecule has 0 spiro atoms. The van der Waals surface area contributed by atoms with Crippen LogP contribution in [0.15, 0.2) is 53.1 Å². The van der Waals surface area contributed by atoms with Gasteiger partial charge in [0.2, 0.25) is 0 Å². The van der Waals surface area contributed by atoms with Crippen molar-refractivity contribution in [3.8, 4) is 11.3 Å². The number of halogens is 2. The summed E-state index contributed by atoms with van der Waals surface area (Å²) >= 11 is 12.6. The van der Waals surface area contributed by atoms with Crippen LogP contribution in [0.25, 0.3) is 11.3 Å². The molecule has 0 atom stereocenters. The Bertz CT molecular complexity index is 888. The summed E-state index contributed by atoms with van der Waals surface area (Å²) in [6, 6.07) is 14.8. The maximum atomic E-state index is 8.55. The first kappa shape index (κ1) is 17.3. The van der Waals surface area contributed by atoms with E-state index in [9.17, 15) is 0 Å². The Labute approximate surface area is 155 Å². The summed E-state index contributed by atoms with van der Waals surface area (Å²) in [7, 11) is 1.75. The van der Waals surface area contributed by atoms with E-state index in [-0.39, 0.29) is 5.84 Å². The topological polar surface area (TPSA) is 65.2 Å². The van der Waals surface area contributed by atoms with E-state index in [0.29, 0.717) is 32.6 Å². The van der Waals surface area contributed by atoms with Crippen molar-refractivity contribution in [2.45, 2.75) is 6.92 Å². The summed E-state index contributed by atoms with van der Waals surface area (Å²) in [4.78, 5) is 0. The zero-order chi connectivity index (χ0) is 18.0. The van der Waals surface area contributed by atoms with Crippen molar-refractivity contribution in [2.75, 3.05) is 12.5 Å². The number of nitrogens with zero attached hydrogens (tertiary/aromatic N) is 2. The summed E-state index contributed by atoms with van der Waals surface area (Å²) in [5.74, 6) is 0.700. The number of hydrazine groups is 1. The second-order valence-electron chi connectivity index (χ2n) is 5.44. The molecule has 0 aliphatic heterocycles.